The molecule has 3 rings (SSSR count). The Balaban J connectivity index is 1.61. The van der Waals surface area contributed by atoms with Crippen molar-refractivity contribution in [3.63, 3.8) is 0 Å². The third kappa shape index (κ3) is 6.99. The van der Waals surface area contributed by atoms with Gasteiger partial charge in [0.25, 0.3) is 0 Å². The summed E-state index contributed by atoms with van der Waals surface area (Å²) in [6, 6.07) is 7.01. The summed E-state index contributed by atoms with van der Waals surface area (Å²) in [5.41, 5.74) is 1.04. The Labute approximate surface area is 199 Å². The topological polar surface area (TPSA) is 83.1 Å². The van der Waals surface area contributed by atoms with E-state index in [0.29, 0.717) is 6.61 Å². The molecule has 0 aliphatic carbocycles. The summed E-state index contributed by atoms with van der Waals surface area (Å²) >= 11 is 0. The first-order valence-electron chi connectivity index (χ1n) is 12.2. The lowest BCUT2D eigenvalue weighted by atomic mass is 9.87. The van der Waals surface area contributed by atoms with Gasteiger partial charge in [-0.3, -0.25) is 0 Å². The molecule has 7 nitrogen and oxygen atoms in total. The fraction of sp³-hybridized carbons (Fsp3) is 0.760. The molecule has 0 amide bonds. The van der Waals surface area contributed by atoms with Crippen LogP contribution < -0.4 is 4.72 Å². The Morgan fingerprint density at radius 2 is 1.70 bits per heavy atom. The maximum absolute atomic E-state index is 12.9. The van der Waals surface area contributed by atoms with Crippen molar-refractivity contribution in [2.45, 2.75) is 114 Å². The first-order chi connectivity index (χ1) is 15.4. The SMILES string of the molecule is CCCCCCCO[C@@H]1[C@H]2OC(C)(C)O[C@H]2O[C@@H]1CNS(=O)(=O)c1ccc(C(C)(C)C)cc1. The van der Waals surface area contributed by atoms with Gasteiger partial charge >= 0.3 is 0 Å². The lowest BCUT2D eigenvalue weighted by molar-refractivity contribution is -0.217. The molecule has 2 aliphatic rings. The number of benzene rings is 1. The third-order valence-electron chi connectivity index (χ3n) is 6.15. The lowest BCUT2D eigenvalue weighted by Gasteiger charge is -2.26. The molecule has 2 heterocycles. The van der Waals surface area contributed by atoms with Crippen LogP contribution in [0, 0.1) is 0 Å². The van der Waals surface area contributed by atoms with E-state index >= 15 is 0 Å². The van der Waals surface area contributed by atoms with Crippen LogP contribution in [0.1, 0.15) is 79.2 Å². The summed E-state index contributed by atoms with van der Waals surface area (Å²) in [7, 11) is -3.68. The van der Waals surface area contributed by atoms with E-state index in [1.165, 1.54) is 19.3 Å². The Hall–Kier alpha value is -1.03. The monoisotopic (exact) mass is 483 g/mol. The number of ether oxygens (including phenoxy) is 4. The summed E-state index contributed by atoms with van der Waals surface area (Å²) in [6.45, 7) is 12.8. The molecule has 1 aromatic carbocycles. The number of rotatable bonds is 11. The van der Waals surface area contributed by atoms with Gasteiger partial charge in [-0.05, 0) is 43.4 Å². The van der Waals surface area contributed by atoms with E-state index < -0.39 is 34.3 Å². The molecular formula is C25H41NO6S. The van der Waals surface area contributed by atoms with Gasteiger partial charge in [0.15, 0.2) is 12.1 Å². The van der Waals surface area contributed by atoms with Gasteiger partial charge in [0, 0.05) is 13.2 Å². The van der Waals surface area contributed by atoms with E-state index in [0.717, 1.165) is 18.4 Å². The van der Waals surface area contributed by atoms with Gasteiger partial charge in [0.1, 0.15) is 18.3 Å². The number of fused-ring (bicyclic) bond motifs is 1. The highest BCUT2D eigenvalue weighted by molar-refractivity contribution is 7.89. The number of unbranched alkanes of at least 4 members (excludes halogenated alkanes) is 4. The Bertz CT molecular complexity index is 862. The maximum atomic E-state index is 12.9. The van der Waals surface area contributed by atoms with Crippen molar-refractivity contribution in [3.8, 4) is 0 Å². The second kappa shape index (κ2) is 10.7. The molecule has 1 N–H and O–H groups in total. The number of hydrogen-bond acceptors (Lipinski definition) is 6. The zero-order chi connectivity index (χ0) is 24.3. The molecule has 2 fully saturated rings. The molecule has 2 aliphatic heterocycles. The van der Waals surface area contributed by atoms with Gasteiger partial charge in [0.05, 0.1) is 4.90 Å². The smallest absolute Gasteiger partial charge is 0.240 e. The van der Waals surface area contributed by atoms with Crippen LogP contribution in [0.25, 0.3) is 0 Å². The fourth-order valence-corrected chi connectivity index (χ4v) is 5.29. The quantitative estimate of drug-likeness (QED) is 0.467. The predicted octanol–water partition coefficient (Wildman–Crippen LogP) is 4.49. The second-order valence-electron chi connectivity index (χ2n) is 10.5. The molecule has 33 heavy (non-hydrogen) atoms. The second-order valence-corrected chi connectivity index (χ2v) is 12.3. The van der Waals surface area contributed by atoms with Crippen LogP contribution in [0.15, 0.2) is 29.2 Å². The standard InChI is InChI=1S/C25H41NO6S/c1-7-8-9-10-11-16-29-21-20(30-23-22(21)31-25(5,6)32-23)17-26-33(27,28)19-14-12-18(13-15-19)24(2,3)4/h12-15,20-23,26H,7-11,16-17H2,1-6H3/t20-,21+,22-,23-/m1/s1. The Morgan fingerprint density at radius 3 is 2.33 bits per heavy atom. The van der Waals surface area contributed by atoms with Crippen LogP contribution in [0.4, 0.5) is 0 Å². The molecule has 0 bridgehead atoms. The minimum absolute atomic E-state index is 0.0416. The van der Waals surface area contributed by atoms with Crippen molar-refractivity contribution in [3.05, 3.63) is 29.8 Å². The zero-order valence-corrected chi connectivity index (χ0v) is 21.7. The molecule has 8 heteroatoms. The summed E-state index contributed by atoms with van der Waals surface area (Å²) < 4.78 is 52.5. The predicted molar refractivity (Wildman–Crippen MR) is 128 cm³/mol. The van der Waals surface area contributed by atoms with Crippen molar-refractivity contribution < 1.29 is 27.4 Å². The van der Waals surface area contributed by atoms with Crippen molar-refractivity contribution in [2.24, 2.45) is 0 Å². The Morgan fingerprint density at radius 1 is 1.03 bits per heavy atom. The van der Waals surface area contributed by atoms with Crippen molar-refractivity contribution >= 4 is 10.0 Å². The first-order valence-corrected chi connectivity index (χ1v) is 13.6. The Kier molecular flexibility index (Phi) is 8.62. The van der Waals surface area contributed by atoms with Gasteiger partial charge in [-0.2, -0.15) is 0 Å². The van der Waals surface area contributed by atoms with Crippen LogP contribution in [-0.2, 0) is 34.4 Å². The summed E-state index contributed by atoms with van der Waals surface area (Å²) in [4.78, 5) is 0.232. The largest absolute Gasteiger partial charge is 0.373 e. The van der Waals surface area contributed by atoms with E-state index in [4.69, 9.17) is 18.9 Å². The van der Waals surface area contributed by atoms with E-state index in [2.05, 4.69) is 32.4 Å². The molecule has 1 aromatic rings. The summed E-state index contributed by atoms with van der Waals surface area (Å²) in [5, 5.41) is 0. The molecule has 188 valence electrons. The highest BCUT2D eigenvalue weighted by Crippen LogP contribution is 2.38. The van der Waals surface area contributed by atoms with E-state index in [9.17, 15) is 8.42 Å². The van der Waals surface area contributed by atoms with Crippen LogP contribution in [-0.4, -0.2) is 52.0 Å². The van der Waals surface area contributed by atoms with Gasteiger partial charge in [-0.15, -0.1) is 0 Å². The van der Waals surface area contributed by atoms with Crippen LogP contribution in [0.5, 0.6) is 0 Å². The fourth-order valence-electron chi connectivity index (χ4n) is 4.25. The van der Waals surface area contributed by atoms with E-state index in [1.54, 1.807) is 12.1 Å². The van der Waals surface area contributed by atoms with Gasteiger partial charge in [-0.25, -0.2) is 13.1 Å². The minimum Gasteiger partial charge on any atom is -0.373 e. The molecule has 0 spiro atoms. The summed E-state index contributed by atoms with van der Waals surface area (Å²) in [6.07, 6.45) is 3.85. The number of hydrogen-bond donors (Lipinski definition) is 1. The zero-order valence-electron chi connectivity index (χ0n) is 20.9. The minimum atomic E-state index is -3.68. The summed E-state index contributed by atoms with van der Waals surface area (Å²) in [5.74, 6) is -0.753. The van der Waals surface area contributed by atoms with Crippen LogP contribution in [0.2, 0.25) is 0 Å². The lowest BCUT2D eigenvalue weighted by Crippen LogP contribution is -2.43. The van der Waals surface area contributed by atoms with Gasteiger partial charge in [-0.1, -0.05) is 65.5 Å². The number of nitrogens with one attached hydrogen (secondary N) is 1. The highest BCUT2D eigenvalue weighted by atomic mass is 32.2. The molecule has 4 atom stereocenters. The van der Waals surface area contributed by atoms with Crippen LogP contribution >= 0.6 is 0 Å². The molecule has 2 saturated heterocycles. The van der Waals surface area contributed by atoms with E-state index in [1.807, 2.05) is 26.0 Å². The first kappa shape index (κ1) is 26.6. The van der Waals surface area contributed by atoms with Crippen LogP contribution in [0.3, 0.4) is 0 Å². The van der Waals surface area contributed by atoms with E-state index in [-0.39, 0.29) is 23.0 Å². The normalized spacial score (nSPS) is 27.1. The van der Waals surface area contributed by atoms with Gasteiger partial charge < -0.3 is 18.9 Å². The van der Waals surface area contributed by atoms with Gasteiger partial charge in [0.2, 0.25) is 10.0 Å². The maximum Gasteiger partial charge on any atom is 0.240 e. The molecule has 0 aromatic heterocycles. The van der Waals surface area contributed by atoms with Crippen molar-refractivity contribution in [1.82, 2.24) is 4.72 Å². The average Bonchev–Trinajstić information content (AvgIpc) is 3.20. The molecule has 0 radical (unpaired) electrons. The average molecular weight is 484 g/mol. The van der Waals surface area contributed by atoms with Crippen molar-refractivity contribution in [1.29, 1.82) is 0 Å². The highest BCUT2D eigenvalue weighted by Gasteiger charge is 2.55. The molecule has 0 unspecified atom stereocenters. The number of sulfonamides is 1. The molecule has 0 saturated carbocycles. The molecular weight excluding hydrogens is 442 g/mol. The van der Waals surface area contributed by atoms with Crippen molar-refractivity contribution in [2.75, 3.05) is 13.2 Å². The third-order valence-corrected chi connectivity index (χ3v) is 7.59.